The van der Waals surface area contributed by atoms with Gasteiger partial charge in [-0.1, -0.05) is 40.2 Å². The lowest BCUT2D eigenvalue weighted by Gasteiger charge is -2.10. The molecule has 0 aliphatic heterocycles. The summed E-state index contributed by atoms with van der Waals surface area (Å²) in [5, 5.41) is 9.27. The first kappa shape index (κ1) is 16.0. The van der Waals surface area contributed by atoms with Crippen molar-refractivity contribution < 1.29 is 4.79 Å². The van der Waals surface area contributed by atoms with E-state index >= 15 is 0 Å². The fourth-order valence-corrected chi connectivity index (χ4v) is 3.37. The number of nitrogens with one attached hydrogen (secondary N) is 1. The summed E-state index contributed by atoms with van der Waals surface area (Å²) in [5.74, 6) is 0.726. The fraction of sp³-hybridized carbons (Fsp3) is 0.176. The molecule has 1 aromatic carbocycles. The molecular weight excluding hydrogens is 374 g/mol. The highest BCUT2D eigenvalue weighted by Gasteiger charge is 2.09. The van der Waals surface area contributed by atoms with Crippen LogP contribution in [0.4, 0.5) is 5.82 Å². The molecule has 0 aliphatic carbocycles. The Hall–Kier alpha value is -1.92. The van der Waals surface area contributed by atoms with Crippen LogP contribution in [0, 0.1) is 0 Å². The molecule has 0 radical (unpaired) electrons. The van der Waals surface area contributed by atoms with E-state index < -0.39 is 0 Å². The quantitative estimate of drug-likeness (QED) is 0.681. The maximum absolute atomic E-state index is 12.1. The van der Waals surface area contributed by atoms with Gasteiger partial charge in [-0.2, -0.15) is 5.10 Å². The molecule has 0 spiro atoms. The van der Waals surface area contributed by atoms with Crippen molar-refractivity contribution >= 4 is 39.0 Å². The zero-order valence-corrected chi connectivity index (χ0v) is 14.8. The lowest BCUT2D eigenvalue weighted by Crippen LogP contribution is -2.16. The predicted molar refractivity (Wildman–Crippen MR) is 96.7 cm³/mol. The summed E-state index contributed by atoms with van der Waals surface area (Å²) >= 11 is 5.21. The fourth-order valence-electron chi connectivity index (χ4n) is 2.25. The van der Waals surface area contributed by atoms with Crippen molar-refractivity contribution in [3.63, 3.8) is 0 Å². The first-order valence-electron chi connectivity index (χ1n) is 7.30. The van der Waals surface area contributed by atoms with Crippen LogP contribution in [-0.4, -0.2) is 15.7 Å². The minimum atomic E-state index is 0.00674. The number of halogens is 1. The number of anilines is 1. The number of amides is 1. The molecule has 1 N–H and O–H groups in total. The van der Waals surface area contributed by atoms with E-state index in [0.717, 1.165) is 22.3 Å². The van der Waals surface area contributed by atoms with Gasteiger partial charge in [0.25, 0.3) is 0 Å². The van der Waals surface area contributed by atoms with Crippen molar-refractivity contribution in [2.45, 2.75) is 19.4 Å². The van der Waals surface area contributed by atoms with Gasteiger partial charge in [0.05, 0.1) is 12.7 Å². The van der Waals surface area contributed by atoms with Crippen LogP contribution in [0.2, 0.25) is 0 Å². The number of nitrogens with zero attached hydrogens (tertiary/aromatic N) is 2. The Morgan fingerprint density at radius 1 is 1.22 bits per heavy atom. The standard InChI is InChI=1S/C17H16BrN3OS/c18-15-6-2-1-4-13(15)12-21-16(9-10-19-21)20-17(22)8-7-14-5-3-11-23-14/h1-6,9-11H,7-8,12H2,(H,20,22). The summed E-state index contributed by atoms with van der Waals surface area (Å²) in [6.45, 7) is 0.606. The highest BCUT2D eigenvalue weighted by molar-refractivity contribution is 9.10. The lowest BCUT2D eigenvalue weighted by atomic mass is 10.2. The van der Waals surface area contributed by atoms with Gasteiger partial charge in [-0.15, -0.1) is 11.3 Å². The highest BCUT2D eigenvalue weighted by Crippen LogP contribution is 2.19. The molecular formula is C17H16BrN3OS. The molecule has 0 atom stereocenters. The summed E-state index contributed by atoms with van der Waals surface area (Å²) in [7, 11) is 0. The van der Waals surface area contributed by atoms with E-state index in [-0.39, 0.29) is 5.91 Å². The average molecular weight is 390 g/mol. The number of aryl methyl sites for hydroxylation is 1. The minimum absolute atomic E-state index is 0.00674. The van der Waals surface area contributed by atoms with E-state index in [4.69, 9.17) is 0 Å². The van der Waals surface area contributed by atoms with Gasteiger partial charge < -0.3 is 5.32 Å². The van der Waals surface area contributed by atoms with Crippen LogP contribution in [-0.2, 0) is 17.8 Å². The van der Waals surface area contributed by atoms with E-state index in [9.17, 15) is 4.79 Å². The van der Waals surface area contributed by atoms with Gasteiger partial charge in [-0.05, 0) is 29.5 Å². The van der Waals surface area contributed by atoms with Gasteiger partial charge in [-0.3, -0.25) is 4.79 Å². The molecule has 2 heterocycles. The number of rotatable bonds is 6. The van der Waals surface area contributed by atoms with E-state index in [1.807, 2.05) is 41.8 Å². The second-order valence-electron chi connectivity index (χ2n) is 5.09. The highest BCUT2D eigenvalue weighted by atomic mass is 79.9. The molecule has 0 bridgehead atoms. The number of carbonyl (C=O) groups is 1. The van der Waals surface area contributed by atoms with Crippen molar-refractivity contribution in [2.24, 2.45) is 0 Å². The summed E-state index contributed by atoms with van der Waals surface area (Å²) in [5.41, 5.74) is 1.12. The molecule has 118 valence electrons. The number of hydrogen-bond donors (Lipinski definition) is 1. The third-order valence-electron chi connectivity index (χ3n) is 3.44. The summed E-state index contributed by atoms with van der Waals surface area (Å²) in [6, 6.07) is 13.9. The number of carbonyl (C=O) groups excluding carboxylic acids is 1. The number of thiophene rings is 1. The molecule has 0 saturated heterocycles. The number of hydrogen-bond acceptors (Lipinski definition) is 3. The maximum Gasteiger partial charge on any atom is 0.225 e. The van der Waals surface area contributed by atoms with Crippen LogP contribution in [0.15, 0.2) is 58.5 Å². The van der Waals surface area contributed by atoms with Gasteiger partial charge >= 0.3 is 0 Å². The average Bonchev–Trinajstić information content (AvgIpc) is 3.20. The minimum Gasteiger partial charge on any atom is -0.311 e. The molecule has 4 nitrogen and oxygen atoms in total. The summed E-state index contributed by atoms with van der Waals surface area (Å²) < 4.78 is 2.83. The van der Waals surface area contributed by atoms with Crippen LogP contribution < -0.4 is 5.32 Å². The monoisotopic (exact) mass is 389 g/mol. The molecule has 3 rings (SSSR count). The molecule has 23 heavy (non-hydrogen) atoms. The van der Waals surface area contributed by atoms with Gasteiger partial charge in [0.2, 0.25) is 5.91 Å². The van der Waals surface area contributed by atoms with Crippen LogP contribution in [0.1, 0.15) is 16.9 Å². The van der Waals surface area contributed by atoms with E-state index in [1.54, 1.807) is 22.2 Å². The molecule has 0 aliphatic rings. The largest absolute Gasteiger partial charge is 0.311 e. The van der Waals surface area contributed by atoms with Gasteiger partial charge in [0.1, 0.15) is 5.82 Å². The Morgan fingerprint density at radius 2 is 2.09 bits per heavy atom. The van der Waals surface area contributed by atoms with Crippen LogP contribution in [0.25, 0.3) is 0 Å². The zero-order chi connectivity index (χ0) is 16.1. The summed E-state index contributed by atoms with van der Waals surface area (Å²) in [6.07, 6.45) is 2.94. The van der Waals surface area contributed by atoms with Crippen molar-refractivity contribution in [3.05, 3.63) is 69.0 Å². The Balaban J connectivity index is 1.62. The molecule has 2 aromatic heterocycles. The summed E-state index contributed by atoms with van der Waals surface area (Å²) in [4.78, 5) is 13.3. The molecule has 0 fully saturated rings. The second kappa shape index (κ2) is 7.57. The van der Waals surface area contributed by atoms with Crippen molar-refractivity contribution in [3.8, 4) is 0 Å². The van der Waals surface area contributed by atoms with Crippen molar-refractivity contribution in [1.82, 2.24) is 9.78 Å². The maximum atomic E-state index is 12.1. The Bertz CT molecular complexity index is 783. The lowest BCUT2D eigenvalue weighted by molar-refractivity contribution is -0.116. The Labute approximate surface area is 147 Å². The molecule has 6 heteroatoms. The van der Waals surface area contributed by atoms with Gasteiger partial charge in [0.15, 0.2) is 0 Å². The van der Waals surface area contributed by atoms with E-state index in [2.05, 4.69) is 32.4 Å². The molecule has 3 aromatic rings. The third-order valence-corrected chi connectivity index (χ3v) is 5.15. The normalized spacial score (nSPS) is 10.7. The van der Waals surface area contributed by atoms with E-state index in [0.29, 0.717) is 13.0 Å². The van der Waals surface area contributed by atoms with Gasteiger partial charge in [-0.25, -0.2) is 4.68 Å². The molecule has 1 amide bonds. The van der Waals surface area contributed by atoms with E-state index in [1.165, 1.54) is 4.88 Å². The van der Waals surface area contributed by atoms with Crippen LogP contribution in [0.3, 0.4) is 0 Å². The second-order valence-corrected chi connectivity index (χ2v) is 6.98. The topological polar surface area (TPSA) is 46.9 Å². The Kier molecular flexibility index (Phi) is 5.25. The Morgan fingerprint density at radius 3 is 2.87 bits per heavy atom. The van der Waals surface area contributed by atoms with Crippen LogP contribution >= 0.6 is 27.3 Å². The third kappa shape index (κ3) is 4.30. The first-order chi connectivity index (χ1) is 11.2. The van der Waals surface area contributed by atoms with Crippen molar-refractivity contribution in [1.29, 1.82) is 0 Å². The SMILES string of the molecule is O=C(CCc1cccs1)Nc1ccnn1Cc1ccccc1Br. The molecule has 0 unspecified atom stereocenters. The number of aromatic nitrogens is 2. The smallest absolute Gasteiger partial charge is 0.225 e. The van der Waals surface area contributed by atoms with Gasteiger partial charge in [0, 0.05) is 21.8 Å². The first-order valence-corrected chi connectivity index (χ1v) is 8.97. The molecule has 0 saturated carbocycles. The predicted octanol–water partition coefficient (Wildman–Crippen LogP) is 4.33. The van der Waals surface area contributed by atoms with Crippen molar-refractivity contribution in [2.75, 3.05) is 5.32 Å². The number of benzene rings is 1. The zero-order valence-electron chi connectivity index (χ0n) is 12.4. The van der Waals surface area contributed by atoms with Crippen LogP contribution in [0.5, 0.6) is 0 Å².